The van der Waals surface area contributed by atoms with Crippen LogP contribution < -0.4 is 0 Å². The highest BCUT2D eigenvalue weighted by atomic mass is 16.8. The Balaban J connectivity index is 1.33. The van der Waals surface area contributed by atoms with Crippen molar-refractivity contribution < 1.29 is 33.5 Å². The Hall–Kier alpha value is -1.06. The normalized spacial score (nSPS) is 43.8. The van der Waals surface area contributed by atoms with Crippen LogP contribution in [0.3, 0.4) is 0 Å². The Kier molecular flexibility index (Phi) is 5.66. The highest BCUT2D eigenvalue weighted by Gasteiger charge is 2.58. The Morgan fingerprint density at radius 2 is 1.68 bits per heavy atom. The minimum atomic E-state index is -0.670. The molecule has 1 aromatic carbocycles. The first-order chi connectivity index (χ1) is 14.7. The summed E-state index contributed by atoms with van der Waals surface area (Å²) in [6, 6.07) is 9.86. The molecule has 0 amide bonds. The number of ether oxygens (including phenoxy) is 6. The third-order valence-corrected chi connectivity index (χ3v) is 6.89. The van der Waals surface area contributed by atoms with Crippen LogP contribution in [-0.4, -0.2) is 60.4 Å². The molecule has 1 N–H and O–H groups in total. The molecule has 0 spiro atoms. The highest BCUT2D eigenvalue weighted by molar-refractivity contribution is 5.16. The number of fused-ring (bicyclic) bond motifs is 1. The van der Waals surface area contributed by atoms with E-state index < -0.39 is 24.0 Å². The van der Waals surface area contributed by atoms with Crippen LogP contribution in [0.4, 0.5) is 0 Å². The van der Waals surface area contributed by atoms with Gasteiger partial charge in [-0.15, -0.1) is 0 Å². The summed E-state index contributed by atoms with van der Waals surface area (Å²) in [5.41, 5.74) is 0.960. The molecule has 0 radical (unpaired) electrons. The fraction of sp³-hybridized carbons (Fsp3) is 0.750. The minimum absolute atomic E-state index is 0.0132. The second kappa shape index (κ2) is 8.06. The summed E-state index contributed by atoms with van der Waals surface area (Å²) in [6.07, 6.45) is -0.0323. The molecule has 8 atom stereocenters. The third-order valence-electron chi connectivity index (χ3n) is 6.89. The van der Waals surface area contributed by atoms with E-state index >= 15 is 0 Å². The Morgan fingerprint density at radius 1 is 0.935 bits per heavy atom. The molecule has 3 heterocycles. The lowest BCUT2D eigenvalue weighted by Crippen LogP contribution is -2.44. The zero-order valence-electron chi connectivity index (χ0n) is 18.7. The van der Waals surface area contributed by atoms with Crippen molar-refractivity contribution in [2.45, 2.75) is 88.9 Å². The Labute approximate surface area is 183 Å². The second-order valence-corrected chi connectivity index (χ2v) is 10.1. The van der Waals surface area contributed by atoms with Crippen LogP contribution >= 0.6 is 0 Å². The molecule has 7 nitrogen and oxygen atoms in total. The predicted molar refractivity (Wildman–Crippen MR) is 111 cm³/mol. The van der Waals surface area contributed by atoms with E-state index in [0.29, 0.717) is 13.0 Å². The summed E-state index contributed by atoms with van der Waals surface area (Å²) in [5, 5.41) is 10.6. The van der Waals surface area contributed by atoms with E-state index in [-0.39, 0.29) is 42.9 Å². The van der Waals surface area contributed by atoms with Crippen molar-refractivity contribution >= 4 is 0 Å². The van der Waals surface area contributed by atoms with Gasteiger partial charge in [-0.05, 0) is 46.5 Å². The Morgan fingerprint density at radius 3 is 2.39 bits per heavy atom. The van der Waals surface area contributed by atoms with Crippen molar-refractivity contribution in [2.24, 2.45) is 11.8 Å². The van der Waals surface area contributed by atoms with Crippen molar-refractivity contribution in [1.82, 2.24) is 0 Å². The molecule has 4 aliphatic rings. The minimum Gasteiger partial charge on any atom is -0.388 e. The average Bonchev–Trinajstić information content (AvgIpc) is 3.32. The molecule has 2 unspecified atom stereocenters. The van der Waals surface area contributed by atoms with Crippen LogP contribution in [0.15, 0.2) is 30.3 Å². The molecule has 0 bridgehead atoms. The predicted octanol–water partition coefficient (Wildman–Crippen LogP) is 3.16. The summed E-state index contributed by atoms with van der Waals surface area (Å²) in [5.74, 6) is -0.860. The monoisotopic (exact) mass is 434 g/mol. The van der Waals surface area contributed by atoms with Crippen molar-refractivity contribution in [3.8, 4) is 0 Å². The standard InChI is InChI=1S/C24H34O7/c1-23(2)27-13-19(30-23)20-15(11-18-21(20)31-24(3,4)29-18)10-17-16(25)12-26-22(28-17)14-8-6-5-7-9-14/h5-9,15-22,25H,10-13H2,1-4H3/t15?,16-,17+,18+,19-,20-,21+,22?/m0/s1. The van der Waals surface area contributed by atoms with E-state index in [1.807, 2.05) is 58.0 Å². The highest BCUT2D eigenvalue weighted by Crippen LogP contribution is 2.50. The molecular weight excluding hydrogens is 400 g/mol. The fourth-order valence-corrected chi connectivity index (χ4v) is 5.65. The maximum absolute atomic E-state index is 10.6. The average molecular weight is 435 g/mol. The van der Waals surface area contributed by atoms with Crippen LogP contribution in [0.5, 0.6) is 0 Å². The Bertz CT molecular complexity index is 766. The summed E-state index contributed by atoms with van der Waals surface area (Å²) in [7, 11) is 0. The maximum atomic E-state index is 10.6. The van der Waals surface area contributed by atoms with Gasteiger partial charge in [-0.3, -0.25) is 0 Å². The number of hydrogen-bond donors (Lipinski definition) is 1. The first-order valence-corrected chi connectivity index (χ1v) is 11.4. The van der Waals surface area contributed by atoms with Gasteiger partial charge in [0.15, 0.2) is 17.9 Å². The van der Waals surface area contributed by atoms with E-state index in [0.717, 1.165) is 12.0 Å². The number of hydrogen-bond acceptors (Lipinski definition) is 7. The second-order valence-electron chi connectivity index (χ2n) is 10.1. The zero-order valence-corrected chi connectivity index (χ0v) is 18.7. The topological polar surface area (TPSA) is 75.6 Å². The maximum Gasteiger partial charge on any atom is 0.184 e. The van der Waals surface area contributed by atoms with Gasteiger partial charge >= 0.3 is 0 Å². The summed E-state index contributed by atoms with van der Waals surface area (Å²) >= 11 is 0. The number of aliphatic hydroxyl groups is 1. The van der Waals surface area contributed by atoms with Crippen molar-refractivity contribution in [3.63, 3.8) is 0 Å². The zero-order chi connectivity index (χ0) is 21.8. The van der Waals surface area contributed by atoms with Gasteiger partial charge in [0.1, 0.15) is 6.10 Å². The molecule has 0 aromatic heterocycles. The van der Waals surface area contributed by atoms with Gasteiger partial charge in [0.2, 0.25) is 0 Å². The van der Waals surface area contributed by atoms with Gasteiger partial charge < -0.3 is 33.5 Å². The fourth-order valence-electron chi connectivity index (χ4n) is 5.65. The molecular formula is C24H34O7. The summed E-state index contributed by atoms with van der Waals surface area (Å²) < 4.78 is 36.7. The van der Waals surface area contributed by atoms with Crippen molar-refractivity contribution in [3.05, 3.63) is 35.9 Å². The van der Waals surface area contributed by atoms with Gasteiger partial charge in [-0.25, -0.2) is 0 Å². The van der Waals surface area contributed by atoms with Gasteiger partial charge in [0.25, 0.3) is 0 Å². The molecule has 1 aliphatic carbocycles. The first kappa shape index (κ1) is 21.8. The molecule has 1 aromatic rings. The molecule has 1 saturated carbocycles. The van der Waals surface area contributed by atoms with E-state index in [4.69, 9.17) is 28.4 Å². The van der Waals surface area contributed by atoms with Gasteiger partial charge in [0, 0.05) is 11.5 Å². The van der Waals surface area contributed by atoms with Crippen LogP contribution in [0.1, 0.15) is 52.4 Å². The summed E-state index contributed by atoms with van der Waals surface area (Å²) in [6.45, 7) is 8.60. The molecule has 4 fully saturated rings. The first-order valence-electron chi connectivity index (χ1n) is 11.4. The lowest BCUT2D eigenvalue weighted by Gasteiger charge is -2.37. The van der Waals surface area contributed by atoms with E-state index in [9.17, 15) is 5.11 Å². The van der Waals surface area contributed by atoms with E-state index in [2.05, 4.69) is 0 Å². The lowest BCUT2D eigenvalue weighted by atomic mass is 9.84. The quantitative estimate of drug-likeness (QED) is 0.780. The lowest BCUT2D eigenvalue weighted by molar-refractivity contribution is -0.262. The number of rotatable bonds is 4. The van der Waals surface area contributed by atoms with Crippen LogP contribution in [0, 0.1) is 11.8 Å². The number of benzene rings is 1. The van der Waals surface area contributed by atoms with Gasteiger partial charge in [0.05, 0.1) is 37.6 Å². The smallest absolute Gasteiger partial charge is 0.184 e. The molecule has 7 heteroatoms. The molecule has 31 heavy (non-hydrogen) atoms. The van der Waals surface area contributed by atoms with Crippen molar-refractivity contribution in [1.29, 1.82) is 0 Å². The molecule has 3 saturated heterocycles. The third kappa shape index (κ3) is 4.42. The SMILES string of the molecule is CC1(C)OC[C@@H]([C@@H]2C(C[C@H]3OC(c4ccccc4)OC[C@@H]3O)C[C@H]3OC(C)(C)O[C@@H]23)O1. The number of aliphatic hydroxyl groups excluding tert-OH is 1. The largest absolute Gasteiger partial charge is 0.388 e. The van der Waals surface area contributed by atoms with Gasteiger partial charge in [-0.1, -0.05) is 30.3 Å². The van der Waals surface area contributed by atoms with E-state index in [1.54, 1.807) is 0 Å². The van der Waals surface area contributed by atoms with Crippen LogP contribution in [0.2, 0.25) is 0 Å². The van der Waals surface area contributed by atoms with E-state index in [1.165, 1.54) is 0 Å². The van der Waals surface area contributed by atoms with Crippen LogP contribution in [0.25, 0.3) is 0 Å². The molecule has 172 valence electrons. The van der Waals surface area contributed by atoms with Crippen LogP contribution in [-0.2, 0) is 28.4 Å². The van der Waals surface area contributed by atoms with Crippen molar-refractivity contribution in [2.75, 3.05) is 13.2 Å². The van der Waals surface area contributed by atoms with Gasteiger partial charge in [-0.2, -0.15) is 0 Å². The molecule has 5 rings (SSSR count). The molecule has 3 aliphatic heterocycles. The summed E-state index contributed by atoms with van der Waals surface area (Å²) in [4.78, 5) is 0.